The molecule has 30 heavy (non-hydrogen) atoms. The van der Waals surface area contributed by atoms with Gasteiger partial charge in [0.05, 0.1) is 14.7 Å². The topological polar surface area (TPSA) is 80.3 Å². The molecule has 3 aromatic carbocycles. The Bertz CT molecular complexity index is 1290. The fraction of sp³-hybridized carbons (Fsp3) is 0.182. The van der Waals surface area contributed by atoms with Crippen molar-refractivity contribution in [3.63, 3.8) is 0 Å². The van der Waals surface area contributed by atoms with E-state index in [4.69, 9.17) is 0 Å². The van der Waals surface area contributed by atoms with Crippen molar-refractivity contribution in [1.82, 2.24) is 4.72 Å². The number of aryl methyl sites for hydroxylation is 1. The fourth-order valence-corrected chi connectivity index (χ4v) is 6.36. The van der Waals surface area contributed by atoms with Crippen molar-refractivity contribution in [2.45, 2.75) is 40.0 Å². The number of sulfonamides is 1. The lowest BCUT2D eigenvalue weighted by molar-refractivity contribution is 0.579. The second kappa shape index (κ2) is 7.61. The maximum absolute atomic E-state index is 13.1. The van der Waals surface area contributed by atoms with Gasteiger partial charge in [0.2, 0.25) is 19.9 Å². The molecular formula is C22H20FNO4S2. The van der Waals surface area contributed by atoms with E-state index in [0.29, 0.717) is 12.0 Å². The van der Waals surface area contributed by atoms with Crippen molar-refractivity contribution in [2.75, 3.05) is 0 Å². The first kappa shape index (κ1) is 20.7. The summed E-state index contributed by atoms with van der Waals surface area (Å²) in [4.78, 5) is -0.338. The van der Waals surface area contributed by atoms with E-state index in [-0.39, 0.29) is 26.6 Å². The minimum Gasteiger partial charge on any atom is -0.219 e. The van der Waals surface area contributed by atoms with Crippen molar-refractivity contribution in [2.24, 2.45) is 0 Å². The molecule has 1 aliphatic carbocycles. The smallest absolute Gasteiger partial charge is 0.219 e. The number of benzene rings is 3. The van der Waals surface area contributed by atoms with Crippen LogP contribution in [0.1, 0.15) is 23.5 Å². The Morgan fingerprint density at radius 3 is 2.17 bits per heavy atom. The van der Waals surface area contributed by atoms with E-state index in [1.807, 2.05) is 30.3 Å². The zero-order valence-electron chi connectivity index (χ0n) is 16.1. The summed E-state index contributed by atoms with van der Waals surface area (Å²) in [6, 6.07) is 17.8. The molecule has 0 aliphatic heterocycles. The summed E-state index contributed by atoms with van der Waals surface area (Å²) >= 11 is 0. The number of hydrogen-bond donors (Lipinski definition) is 1. The van der Waals surface area contributed by atoms with Crippen molar-refractivity contribution < 1.29 is 21.2 Å². The standard InChI is InChI=1S/C22H20FNO4S2/c1-15-7-10-19(29(25,26)18-11-8-17(23)9-12-18)13-22(15)30(27,28)24-21-14-20(21)16-5-3-2-4-6-16/h2-13,20-21,24H,14H2,1H3/t20-,21+/m1/s1. The lowest BCUT2D eigenvalue weighted by Gasteiger charge is -2.12. The molecule has 156 valence electrons. The predicted octanol–water partition coefficient (Wildman–Crippen LogP) is 3.80. The SMILES string of the molecule is Cc1ccc(S(=O)(=O)c2ccc(F)cc2)cc1S(=O)(=O)N[C@H]1C[C@@H]1c1ccccc1. The highest BCUT2D eigenvalue weighted by atomic mass is 32.2. The lowest BCUT2D eigenvalue weighted by atomic mass is 10.1. The summed E-state index contributed by atoms with van der Waals surface area (Å²) in [5.41, 5.74) is 1.51. The van der Waals surface area contributed by atoms with Gasteiger partial charge in [0, 0.05) is 12.0 Å². The van der Waals surface area contributed by atoms with Crippen molar-refractivity contribution in [3.05, 3.63) is 89.7 Å². The average Bonchev–Trinajstić information content (AvgIpc) is 3.47. The van der Waals surface area contributed by atoms with Crippen LogP contribution in [0.25, 0.3) is 0 Å². The van der Waals surface area contributed by atoms with Crippen LogP contribution in [0.4, 0.5) is 4.39 Å². The molecule has 0 amide bonds. The van der Waals surface area contributed by atoms with Gasteiger partial charge in [-0.05, 0) is 60.9 Å². The molecule has 0 saturated heterocycles. The molecule has 1 saturated carbocycles. The third-order valence-electron chi connectivity index (χ3n) is 5.21. The highest BCUT2D eigenvalue weighted by molar-refractivity contribution is 7.91. The first-order valence-electron chi connectivity index (χ1n) is 9.37. The highest BCUT2D eigenvalue weighted by Crippen LogP contribution is 2.41. The molecule has 4 rings (SSSR count). The van der Waals surface area contributed by atoms with Gasteiger partial charge >= 0.3 is 0 Å². The van der Waals surface area contributed by atoms with Crippen LogP contribution < -0.4 is 4.72 Å². The molecule has 1 aliphatic rings. The Hall–Kier alpha value is -2.55. The van der Waals surface area contributed by atoms with E-state index in [9.17, 15) is 21.2 Å². The fourth-order valence-electron chi connectivity index (χ4n) is 3.44. The van der Waals surface area contributed by atoms with Crippen LogP contribution in [0.5, 0.6) is 0 Å². The normalized spacial score (nSPS) is 18.9. The highest BCUT2D eigenvalue weighted by Gasteiger charge is 2.41. The molecule has 0 aromatic heterocycles. The van der Waals surface area contributed by atoms with Crippen LogP contribution >= 0.6 is 0 Å². The van der Waals surface area contributed by atoms with Crippen LogP contribution in [0, 0.1) is 12.7 Å². The maximum Gasteiger partial charge on any atom is 0.241 e. The van der Waals surface area contributed by atoms with E-state index < -0.39 is 25.7 Å². The van der Waals surface area contributed by atoms with Crippen molar-refractivity contribution >= 4 is 19.9 Å². The predicted molar refractivity (Wildman–Crippen MR) is 111 cm³/mol. The van der Waals surface area contributed by atoms with Crippen LogP contribution in [-0.4, -0.2) is 22.9 Å². The quantitative estimate of drug-likeness (QED) is 0.585. The Kier molecular flexibility index (Phi) is 5.25. The molecule has 8 heteroatoms. The van der Waals surface area contributed by atoms with Gasteiger partial charge in [0.1, 0.15) is 5.82 Å². The minimum absolute atomic E-state index is 0.0793. The van der Waals surface area contributed by atoms with Gasteiger partial charge in [-0.15, -0.1) is 0 Å². The number of halogens is 1. The van der Waals surface area contributed by atoms with Crippen LogP contribution in [0.15, 0.2) is 87.5 Å². The molecule has 0 radical (unpaired) electrons. The average molecular weight is 446 g/mol. The van der Waals surface area contributed by atoms with E-state index in [1.165, 1.54) is 12.1 Å². The summed E-state index contributed by atoms with van der Waals surface area (Å²) in [7, 11) is -7.90. The molecule has 0 heterocycles. The summed E-state index contributed by atoms with van der Waals surface area (Å²) in [5, 5.41) is 0. The third kappa shape index (κ3) is 4.03. The number of sulfone groups is 1. The maximum atomic E-state index is 13.1. The van der Waals surface area contributed by atoms with E-state index in [2.05, 4.69) is 4.72 Å². The molecule has 0 spiro atoms. The largest absolute Gasteiger partial charge is 0.241 e. The lowest BCUT2D eigenvalue weighted by Crippen LogP contribution is -2.27. The van der Waals surface area contributed by atoms with Gasteiger partial charge in [-0.1, -0.05) is 36.4 Å². The molecule has 2 atom stereocenters. The molecule has 1 fully saturated rings. The number of nitrogens with one attached hydrogen (secondary N) is 1. The van der Waals surface area contributed by atoms with Crippen molar-refractivity contribution in [1.29, 1.82) is 0 Å². The second-order valence-electron chi connectivity index (χ2n) is 7.37. The molecular weight excluding hydrogens is 425 g/mol. The zero-order valence-corrected chi connectivity index (χ0v) is 17.8. The van der Waals surface area contributed by atoms with E-state index in [0.717, 1.165) is 35.9 Å². The summed E-state index contributed by atoms with van der Waals surface area (Å²) < 4.78 is 67.5. The number of hydrogen-bond acceptors (Lipinski definition) is 4. The van der Waals surface area contributed by atoms with Gasteiger partial charge < -0.3 is 0 Å². The van der Waals surface area contributed by atoms with Crippen LogP contribution in [-0.2, 0) is 19.9 Å². The molecule has 0 bridgehead atoms. The number of rotatable bonds is 6. The first-order valence-corrected chi connectivity index (χ1v) is 12.3. The minimum atomic E-state index is -3.98. The van der Waals surface area contributed by atoms with Crippen molar-refractivity contribution in [3.8, 4) is 0 Å². The zero-order chi connectivity index (χ0) is 21.5. The van der Waals surface area contributed by atoms with Crippen LogP contribution in [0.3, 0.4) is 0 Å². The second-order valence-corrected chi connectivity index (χ2v) is 11.0. The Morgan fingerprint density at radius 1 is 0.867 bits per heavy atom. The summed E-state index contributed by atoms with van der Waals surface area (Å²) in [6.07, 6.45) is 0.690. The van der Waals surface area contributed by atoms with E-state index >= 15 is 0 Å². The Morgan fingerprint density at radius 2 is 1.50 bits per heavy atom. The molecule has 1 N–H and O–H groups in total. The van der Waals surface area contributed by atoms with Gasteiger partial charge in [-0.2, -0.15) is 0 Å². The van der Waals surface area contributed by atoms with Gasteiger partial charge in [-0.25, -0.2) is 25.9 Å². The van der Waals surface area contributed by atoms with Gasteiger partial charge in [-0.3, -0.25) is 0 Å². The Labute approximate surface area is 175 Å². The Balaban J connectivity index is 1.62. The molecule has 0 unspecified atom stereocenters. The van der Waals surface area contributed by atoms with Crippen LogP contribution in [0.2, 0.25) is 0 Å². The summed E-state index contributed by atoms with van der Waals surface area (Å²) in [6.45, 7) is 1.62. The monoisotopic (exact) mass is 445 g/mol. The third-order valence-corrected chi connectivity index (χ3v) is 8.61. The van der Waals surface area contributed by atoms with Gasteiger partial charge in [0.15, 0.2) is 0 Å². The van der Waals surface area contributed by atoms with E-state index in [1.54, 1.807) is 6.92 Å². The molecule has 5 nitrogen and oxygen atoms in total. The van der Waals surface area contributed by atoms with Gasteiger partial charge in [0.25, 0.3) is 0 Å². The first-order chi connectivity index (χ1) is 14.2. The molecule has 3 aromatic rings. The summed E-state index contributed by atoms with van der Waals surface area (Å²) in [5.74, 6) is -0.449.